The highest BCUT2D eigenvalue weighted by molar-refractivity contribution is 6.41. The van der Waals surface area contributed by atoms with E-state index in [0.29, 0.717) is 24.9 Å². The summed E-state index contributed by atoms with van der Waals surface area (Å²) in [5, 5.41) is 0.284. The molecule has 1 aromatic rings. The summed E-state index contributed by atoms with van der Waals surface area (Å²) in [4.78, 5) is 29.5. The molecule has 0 aliphatic carbocycles. The lowest BCUT2D eigenvalue weighted by atomic mass is 9.92. The van der Waals surface area contributed by atoms with Gasteiger partial charge in [-0.05, 0) is 24.3 Å². The highest BCUT2D eigenvalue weighted by Crippen LogP contribution is 2.22. The average Bonchev–Trinajstić information content (AvgIpc) is 2.46. The van der Waals surface area contributed by atoms with E-state index in [2.05, 4.69) is 18.8 Å². The Morgan fingerprint density at radius 1 is 1.32 bits per heavy atom. The number of esters is 1. The van der Waals surface area contributed by atoms with Crippen LogP contribution in [0.4, 0.5) is 0 Å². The lowest BCUT2D eigenvalue weighted by molar-refractivity contribution is -0.137. The van der Waals surface area contributed by atoms with E-state index in [-0.39, 0.29) is 28.3 Å². The first kappa shape index (κ1) is 17.0. The second kappa shape index (κ2) is 7.29. The van der Waals surface area contributed by atoms with Gasteiger partial charge in [-0.15, -0.1) is 0 Å². The minimum atomic E-state index is -0.641. The molecule has 1 fully saturated rings. The van der Waals surface area contributed by atoms with E-state index in [1.807, 2.05) is 0 Å². The molecule has 5 nitrogen and oxygen atoms in total. The van der Waals surface area contributed by atoms with Gasteiger partial charge in [0.1, 0.15) is 5.15 Å². The standard InChI is InChI=1S/C15H18Cl2N2O3/c1-9-3-10(2)7-19(6-9)13(20)8-22-15(21)11-4-12(16)14(17)18-5-11/h4-5,9-10H,3,6-8H2,1-2H3/t9-,10+. The predicted molar refractivity (Wildman–Crippen MR) is 84.1 cm³/mol. The zero-order chi connectivity index (χ0) is 16.3. The van der Waals surface area contributed by atoms with Gasteiger partial charge in [-0.1, -0.05) is 37.0 Å². The number of aromatic nitrogens is 1. The molecule has 0 aromatic carbocycles. The first-order valence-electron chi connectivity index (χ1n) is 7.12. The van der Waals surface area contributed by atoms with Crippen LogP contribution in [0.25, 0.3) is 0 Å². The highest BCUT2D eigenvalue weighted by Gasteiger charge is 2.26. The number of piperidine rings is 1. The molecule has 0 N–H and O–H groups in total. The Morgan fingerprint density at radius 2 is 1.95 bits per heavy atom. The summed E-state index contributed by atoms with van der Waals surface area (Å²) in [7, 11) is 0. The molecule has 1 aliphatic heterocycles. The molecular formula is C15H18Cl2N2O3. The van der Waals surface area contributed by atoms with Crippen LogP contribution in [0, 0.1) is 11.8 Å². The molecule has 1 amide bonds. The van der Waals surface area contributed by atoms with E-state index in [1.54, 1.807) is 4.90 Å². The maximum absolute atomic E-state index is 12.1. The number of carbonyl (C=O) groups is 2. The maximum atomic E-state index is 12.1. The molecule has 1 saturated heterocycles. The molecule has 22 heavy (non-hydrogen) atoms. The van der Waals surface area contributed by atoms with Crippen molar-refractivity contribution in [2.75, 3.05) is 19.7 Å². The number of hydrogen-bond acceptors (Lipinski definition) is 4. The summed E-state index contributed by atoms with van der Waals surface area (Å²) in [5.41, 5.74) is 0.169. The third-order valence-electron chi connectivity index (χ3n) is 3.58. The van der Waals surface area contributed by atoms with Gasteiger partial charge in [-0.2, -0.15) is 0 Å². The summed E-state index contributed by atoms with van der Waals surface area (Å²) in [6, 6.07) is 1.37. The van der Waals surface area contributed by atoms with Crippen LogP contribution in [0.5, 0.6) is 0 Å². The number of carbonyl (C=O) groups excluding carboxylic acids is 2. The molecule has 2 rings (SSSR count). The van der Waals surface area contributed by atoms with Crippen LogP contribution >= 0.6 is 23.2 Å². The summed E-state index contributed by atoms with van der Waals surface area (Å²) < 4.78 is 5.04. The van der Waals surface area contributed by atoms with Crippen molar-refractivity contribution in [1.82, 2.24) is 9.88 Å². The Morgan fingerprint density at radius 3 is 2.55 bits per heavy atom. The molecule has 7 heteroatoms. The molecule has 0 bridgehead atoms. The minimum Gasteiger partial charge on any atom is -0.452 e. The van der Waals surface area contributed by atoms with Crippen LogP contribution in [0.2, 0.25) is 10.2 Å². The number of rotatable bonds is 3. The van der Waals surface area contributed by atoms with Gasteiger partial charge in [-0.25, -0.2) is 9.78 Å². The minimum absolute atomic E-state index is 0.116. The van der Waals surface area contributed by atoms with Crippen molar-refractivity contribution in [3.05, 3.63) is 28.0 Å². The van der Waals surface area contributed by atoms with Crippen LogP contribution in [0.1, 0.15) is 30.6 Å². The lowest BCUT2D eigenvalue weighted by Gasteiger charge is -2.34. The normalized spacial score (nSPS) is 21.5. The topological polar surface area (TPSA) is 59.5 Å². The van der Waals surface area contributed by atoms with Gasteiger partial charge in [0.15, 0.2) is 6.61 Å². The van der Waals surface area contributed by atoms with Gasteiger partial charge >= 0.3 is 5.97 Å². The lowest BCUT2D eigenvalue weighted by Crippen LogP contribution is -2.44. The number of hydrogen-bond donors (Lipinski definition) is 0. The fraction of sp³-hybridized carbons (Fsp3) is 0.533. The van der Waals surface area contributed by atoms with E-state index in [0.717, 1.165) is 6.42 Å². The van der Waals surface area contributed by atoms with E-state index in [9.17, 15) is 9.59 Å². The van der Waals surface area contributed by atoms with E-state index in [4.69, 9.17) is 27.9 Å². The van der Waals surface area contributed by atoms with Crippen molar-refractivity contribution in [2.24, 2.45) is 11.8 Å². The fourth-order valence-corrected chi connectivity index (χ4v) is 2.97. The molecule has 1 aliphatic rings. The van der Waals surface area contributed by atoms with Crippen LogP contribution < -0.4 is 0 Å². The predicted octanol–water partition coefficient (Wildman–Crippen LogP) is 3.05. The maximum Gasteiger partial charge on any atom is 0.340 e. The first-order chi connectivity index (χ1) is 10.4. The second-order valence-electron chi connectivity index (χ2n) is 5.82. The van der Waals surface area contributed by atoms with Crippen molar-refractivity contribution in [2.45, 2.75) is 20.3 Å². The Balaban J connectivity index is 1.90. The van der Waals surface area contributed by atoms with Gasteiger partial charge in [0.2, 0.25) is 0 Å². The largest absolute Gasteiger partial charge is 0.452 e. The van der Waals surface area contributed by atoms with Crippen molar-refractivity contribution < 1.29 is 14.3 Å². The van der Waals surface area contributed by atoms with Crippen molar-refractivity contribution >= 4 is 35.1 Å². The summed E-state index contributed by atoms with van der Waals surface area (Å²) in [6.45, 7) is 5.36. The summed E-state index contributed by atoms with van der Waals surface area (Å²) in [5.74, 6) is 0.0997. The molecular weight excluding hydrogens is 327 g/mol. The Bertz CT molecular complexity index is 570. The number of ether oxygens (including phenoxy) is 1. The molecule has 2 heterocycles. The highest BCUT2D eigenvalue weighted by atomic mass is 35.5. The van der Waals surface area contributed by atoms with Gasteiger partial charge in [0.25, 0.3) is 5.91 Å². The Kier molecular flexibility index (Phi) is 5.64. The van der Waals surface area contributed by atoms with Crippen molar-refractivity contribution in [3.8, 4) is 0 Å². The monoisotopic (exact) mass is 344 g/mol. The Labute approximate surface area is 139 Å². The second-order valence-corrected chi connectivity index (χ2v) is 6.58. The van der Waals surface area contributed by atoms with Crippen LogP contribution in [0.3, 0.4) is 0 Å². The average molecular weight is 345 g/mol. The van der Waals surface area contributed by atoms with Crippen molar-refractivity contribution in [1.29, 1.82) is 0 Å². The zero-order valence-electron chi connectivity index (χ0n) is 12.5. The number of pyridine rings is 1. The summed E-state index contributed by atoms with van der Waals surface area (Å²) in [6.07, 6.45) is 2.38. The molecule has 2 atom stereocenters. The fourth-order valence-electron chi connectivity index (χ4n) is 2.70. The van der Waals surface area contributed by atoms with Gasteiger partial charge in [0.05, 0.1) is 10.6 Å². The smallest absolute Gasteiger partial charge is 0.340 e. The van der Waals surface area contributed by atoms with Crippen LogP contribution in [-0.4, -0.2) is 41.5 Å². The van der Waals surface area contributed by atoms with Gasteiger partial charge < -0.3 is 9.64 Å². The zero-order valence-corrected chi connectivity index (χ0v) is 14.0. The SMILES string of the molecule is C[C@@H]1C[C@H](C)CN(C(=O)COC(=O)c2cnc(Cl)c(Cl)c2)C1. The Hall–Kier alpha value is -1.33. The van der Waals surface area contributed by atoms with Gasteiger partial charge in [-0.3, -0.25) is 4.79 Å². The number of likely N-dealkylation sites (tertiary alicyclic amines) is 1. The van der Waals surface area contributed by atoms with Crippen molar-refractivity contribution in [3.63, 3.8) is 0 Å². The third-order valence-corrected chi connectivity index (χ3v) is 4.27. The molecule has 0 unspecified atom stereocenters. The quantitative estimate of drug-likeness (QED) is 0.624. The third kappa shape index (κ3) is 4.34. The molecule has 0 radical (unpaired) electrons. The van der Waals surface area contributed by atoms with Crippen LogP contribution in [0.15, 0.2) is 12.3 Å². The van der Waals surface area contributed by atoms with E-state index >= 15 is 0 Å². The number of halogens is 2. The molecule has 0 spiro atoms. The van der Waals surface area contributed by atoms with Crippen LogP contribution in [-0.2, 0) is 9.53 Å². The van der Waals surface area contributed by atoms with E-state index < -0.39 is 5.97 Å². The first-order valence-corrected chi connectivity index (χ1v) is 7.88. The summed E-state index contributed by atoms with van der Waals surface area (Å²) >= 11 is 11.5. The molecule has 120 valence electrons. The molecule has 1 aromatic heterocycles. The van der Waals surface area contributed by atoms with Gasteiger partial charge in [0, 0.05) is 19.3 Å². The number of nitrogens with zero attached hydrogens (tertiary/aromatic N) is 2. The number of amides is 1. The van der Waals surface area contributed by atoms with E-state index in [1.165, 1.54) is 12.3 Å². The molecule has 0 saturated carbocycles.